The van der Waals surface area contributed by atoms with Crippen LogP contribution in [0.4, 0.5) is 19.3 Å². The Morgan fingerprint density at radius 1 is 1.35 bits per heavy atom. The van der Waals surface area contributed by atoms with Crippen LogP contribution in [0.15, 0.2) is 24.3 Å². The molecular formula is C12H14F2N2O4. The van der Waals surface area contributed by atoms with Crippen LogP contribution in [-0.2, 0) is 4.79 Å². The molecule has 0 saturated heterocycles. The maximum atomic E-state index is 12.2. The van der Waals surface area contributed by atoms with Gasteiger partial charge < -0.3 is 20.5 Å². The number of para-hydroxylation sites is 2. The quantitative estimate of drug-likeness (QED) is 0.749. The van der Waals surface area contributed by atoms with E-state index in [1.807, 2.05) is 0 Å². The van der Waals surface area contributed by atoms with Gasteiger partial charge in [-0.15, -0.1) is 0 Å². The summed E-state index contributed by atoms with van der Waals surface area (Å²) in [7, 11) is 0. The van der Waals surface area contributed by atoms with E-state index in [0.717, 1.165) is 0 Å². The predicted octanol–water partition coefficient (Wildman–Crippen LogP) is 2.27. The van der Waals surface area contributed by atoms with E-state index in [2.05, 4.69) is 15.4 Å². The van der Waals surface area contributed by atoms with Gasteiger partial charge in [0.2, 0.25) is 0 Å². The van der Waals surface area contributed by atoms with Gasteiger partial charge >= 0.3 is 18.6 Å². The van der Waals surface area contributed by atoms with Crippen LogP contribution in [0, 0.1) is 0 Å². The summed E-state index contributed by atoms with van der Waals surface area (Å²) < 4.78 is 28.6. The molecule has 20 heavy (non-hydrogen) atoms. The average Bonchev–Trinajstić information content (AvgIpc) is 2.29. The van der Waals surface area contributed by atoms with Crippen molar-refractivity contribution in [3.8, 4) is 5.75 Å². The third-order valence-electron chi connectivity index (χ3n) is 2.21. The number of halogens is 2. The third kappa shape index (κ3) is 5.51. The highest BCUT2D eigenvalue weighted by Gasteiger charge is 2.14. The lowest BCUT2D eigenvalue weighted by Crippen LogP contribution is -2.37. The number of alkyl halides is 2. The van der Waals surface area contributed by atoms with Gasteiger partial charge in [-0.1, -0.05) is 12.1 Å². The van der Waals surface area contributed by atoms with Crippen molar-refractivity contribution < 1.29 is 28.2 Å². The van der Waals surface area contributed by atoms with Crippen molar-refractivity contribution in [2.45, 2.75) is 26.0 Å². The second kappa shape index (κ2) is 7.27. The summed E-state index contributed by atoms with van der Waals surface area (Å²) in [5.74, 6) is -1.23. The van der Waals surface area contributed by atoms with Crippen LogP contribution in [0.3, 0.4) is 0 Å². The Morgan fingerprint density at radius 3 is 2.60 bits per heavy atom. The van der Waals surface area contributed by atoms with Crippen molar-refractivity contribution in [1.29, 1.82) is 0 Å². The first-order valence-electron chi connectivity index (χ1n) is 5.71. The number of carbonyl (C=O) groups is 2. The van der Waals surface area contributed by atoms with E-state index in [-0.39, 0.29) is 17.9 Å². The van der Waals surface area contributed by atoms with Gasteiger partial charge in [-0.05, 0) is 19.1 Å². The number of benzene rings is 1. The van der Waals surface area contributed by atoms with Crippen molar-refractivity contribution in [2.75, 3.05) is 5.32 Å². The van der Waals surface area contributed by atoms with E-state index >= 15 is 0 Å². The van der Waals surface area contributed by atoms with Crippen LogP contribution in [0.1, 0.15) is 13.3 Å². The number of anilines is 1. The fourth-order valence-electron chi connectivity index (χ4n) is 1.46. The summed E-state index contributed by atoms with van der Waals surface area (Å²) in [6, 6.07) is 4.38. The van der Waals surface area contributed by atoms with Gasteiger partial charge in [0.15, 0.2) is 0 Å². The molecule has 0 aliphatic rings. The van der Waals surface area contributed by atoms with E-state index in [1.54, 1.807) is 0 Å². The van der Waals surface area contributed by atoms with Crippen molar-refractivity contribution in [3.05, 3.63) is 24.3 Å². The molecule has 1 aromatic carbocycles. The number of amides is 2. The third-order valence-corrected chi connectivity index (χ3v) is 2.21. The second-order valence-electron chi connectivity index (χ2n) is 3.97. The molecule has 0 radical (unpaired) electrons. The maximum absolute atomic E-state index is 12.2. The van der Waals surface area contributed by atoms with Crippen LogP contribution in [0.2, 0.25) is 0 Å². The van der Waals surface area contributed by atoms with Gasteiger partial charge in [0.25, 0.3) is 0 Å². The molecule has 1 rings (SSSR count). The molecule has 0 heterocycles. The number of ether oxygens (including phenoxy) is 1. The number of carboxylic acids is 1. The normalized spacial score (nSPS) is 11.8. The van der Waals surface area contributed by atoms with Gasteiger partial charge in [0.1, 0.15) is 5.75 Å². The number of hydrogen-bond acceptors (Lipinski definition) is 3. The lowest BCUT2D eigenvalue weighted by Gasteiger charge is -2.15. The highest BCUT2D eigenvalue weighted by Crippen LogP contribution is 2.25. The Hall–Kier alpha value is -2.38. The number of carboxylic acid groups (broad SMARTS) is 1. The lowest BCUT2D eigenvalue weighted by molar-refractivity contribution is -0.137. The van der Waals surface area contributed by atoms with Gasteiger partial charge in [-0.3, -0.25) is 4.79 Å². The van der Waals surface area contributed by atoms with Crippen LogP contribution in [0.5, 0.6) is 5.75 Å². The molecule has 0 spiro atoms. The summed E-state index contributed by atoms with van der Waals surface area (Å²) in [5.41, 5.74) is 0.0628. The molecule has 0 fully saturated rings. The van der Waals surface area contributed by atoms with E-state index in [0.29, 0.717) is 0 Å². The zero-order valence-electron chi connectivity index (χ0n) is 10.6. The fraction of sp³-hybridized carbons (Fsp3) is 0.333. The smallest absolute Gasteiger partial charge is 0.387 e. The number of urea groups is 1. The Balaban J connectivity index is 2.63. The van der Waals surface area contributed by atoms with Crippen molar-refractivity contribution in [2.24, 2.45) is 0 Å². The standard InChI is InChI=1S/C12H14F2N2O4/c1-7(6-10(17)18)15-12(19)16-8-4-2-3-5-9(8)20-11(13)14/h2-5,7,11H,6H2,1H3,(H,17,18)(H2,15,16,19). The van der Waals surface area contributed by atoms with Crippen LogP contribution in [-0.4, -0.2) is 29.8 Å². The number of rotatable bonds is 6. The molecule has 0 aliphatic heterocycles. The highest BCUT2D eigenvalue weighted by atomic mass is 19.3. The van der Waals surface area contributed by atoms with Crippen LogP contribution < -0.4 is 15.4 Å². The minimum absolute atomic E-state index is 0.0628. The van der Waals surface area contributed by atoms with Gasteiger partial charge in [0, 0.05) is 6.04 Å². The average molecular weight is 288 g/mol. The van der Waals surface area contributed by atoms with Crippen LogP contribution in [0.25, 0.3) is 0 Å². The molecule has 2 amide bonds. The lowest BCUT2D eigenvalue weighted by atomic mass is 10.2. The summed E-state index contributed by atoms with van der Waals surface area (Å²) >= 11 is 0. The molecule has 0 saturated carbocycles. The van der Waals surface area contributed by atoms with Gasteiger partial charge in [-0.2, -0.15) is 8.78 Å². The maximum Gasteiger partial charge on any atom is 0.387 e. The zero-order chi connectivity index (χ0) is 15.1. The summed E-state index contributed by atoms with van der Waals surface area (Å²) in [6.07, 6.45) is -0.247. The van der Waals surface area contributed by atoms with Crippen molar-refractivity contribution in [1.82, 2.24) is 5.32 Å². The number of aliphatic carboxylic acids is 1. The summed E-state index contributed by atoms with van der Waals surface area (Å²) in [6.45, 7) is -1.50. The number of carbonyl (C=O) groups excluding carboxylic acids is 1. The molecule has 8 heteroatoms. The minimum atomic E-state index is -3.01. The Morgan fingerprint density at radius 2 is 2.00 bits per heavy atom. The van der Waals surface area contributed by atoms with Crippen molar-refractivity contribution >= 4 is 17.7 Å². The molecule has 1 aromatic rings. The number of nitrogens with one attached hydrogen (secondary N) is 2. The predicted molar refractivity (Wildman–Crippen MR) is 66.9 cm³/mol. The minimum Gasteiger partial charge on any atom is -0.481 e. The molecular weight excluding hydrogens is 274 g/mol. The summed E-state index contributed by atoms with van der Waals surface area (Å²) in [4.78, 5) is 22.0. The SMILES string of the molecule is CC(CC(=O)O)NC(=O)Nc1ccccc1OC(F)F. The van der Waals surface area contributed by atoms with Crippen molar-refractivity contribution in [3.63, 3.8) is 0 Å². The second-order valence-corrected chi connectivity index (χ2v) is 3.97. The molecule has 1 unspecified atom stereocenters. The monoisotopic (exact) mass is 288 g/mol. The molecule has 3 N–H and O–H groups in total. The first-order valence-corrected chi connectivity index (χ1v) is 5.71. The largest absolute Gasteiger partial charge is 0.481 e. The van der Waals surface area contributed by atoms with E-state index < -0.39 is 24.7 Å². The molecule has 6 nitrogen and oxygen atoms in total. The zero-order valence-corrected chi connectivity index (χ0v) is 10.6. The molecule has 1 atom stereocenters. The Kier molecular flexibility index (Phi) is 5.70. The van der Waals surface area contributed by atoms with E-state index in [9.17, 15) is 18.4 Å². The topological polar surface area (TPSA) is 87.7 Å². The first-order chi connectivity index (χ1) is 9.38. The number of hydrogen-bond donors (Lipinski definition) is 3. The van der Waals surface area contributed by atoms with Crippen LogP contribution >= 0.6 is 0 Å². The first kappa shape index (κ1) is 15.7. The Bertz CT molecular complexity index is 482. The summed E-state index contributed by atoms with van der Waals surface area (Å²) in [5, 5.41) is 13.2. The molecule has 0 aliphatic carbocycles. The fourth-order valence-corrected chi connectivity index (χ4v) is 1.46. The molecule has 0 aromatic heterocycles. The molecule has 0 bridgehead atoms. The highest BCUT2D eigenvalue weighted by molar-refractivity contribution is 5.91. The van der Waals surface area contributed by atoms with Gasteiger partial charge in [-0.25, -0.2) is 4.79 Å². The van der Waals surface area contributed by atoms with E-state index in [1.165, 1.54) is 31.2 Å². The van der Waals surface area contributed by atoms with Gasteiger partial charge in [0.05, 0.1) is 12.1 Å². The Labute approximate surface area is 113 Å². The van der Waals surface area contributed by atoms with E-state index in [4.69, 9.17) is 5.11 Å². The molecule has 110 valence electrons.